The summed E-state index contributed by atoms with van der Waals surface area (Å²) in [6.07, 6.45) is 3.63. The van der Waals surface area contributed by atoms with Crippen molar-refractivity contribution < 1.29 is 0 Å². The molecule has 60 heavy (non-hydrogen) atoms. The van der Waals surface area contributed by atoms with Gasteiger partial charge in [0.1, 0.15) is 0 Å². The van der Waals surface area contributed by atoms with Gasteiger partial charge in [-0.15, -0.1) is 0 Å². The molecule has 8 aromatic carbocycles. The molecule has 0 unspecified atom stereocenters. The van der Waals surface area contributed by atoms with Gasteiger partial charge in [0.05, 0.1) is 33.1 Å². The van der Waals surface area contributed by atoms with Crippen molar-refractivity contribution in [3.05, 3.63) is 219 Å². The number of nitrogens with zero attached hydrogens (tertiary/aromatic N) is 6. The minimum absolute atomic E-state index is 0.803. The van der Waals surface area contributed by atoms with Gasteiger partial charge < -0.3 is 9.80 Å². The Morgan fingerprint density at radius 3 is 0.900 bits per heavy atom. The minimum atomic E-state index is 0.803. The van der Waals surface area contributed by atoms with Crippen molar-refractivity contribution in [2.45, 2.75) is 0 Å². The predicted molar refractivity (Wildman–Crippen MR) is 248 cm³/mol. The summed E-state index contributed by atoms with van der Waals surface area (Å²) in [5.74, 6) is 0. The first kappa shape index (κ1) is 35.0. The summed E-state index contributed by atoms with van der Waals surface area (Å²) in [5.41, 5.74) is 15.5. The average molecular weight is 769 g/mol. The number of hydrogen-bond acceptors (Lipinski definition) is 6. The molecule has 0 saturated carbocycles. The van der Waals surface area contributed by atoms with Gasteiger partial charge in [-0.3, -0.25) is 9.97 Å². The second-order valence-electron chi connectivity index (χ2n) is 14.7. The standard InChI is InChI=1S/C54H36N6/c1-5-15-39(16-6-1)59(40-17-7-2-8-18-40)43-29-25-37(26-30-43)45-33-34-46(38-27-31-44(32-28-38)60(41-19-9-3-10-20-41)42-21-11-4-12-22-42)52-51(45)57-53-47-23-13-35-55-49(47)50-48(54(53)58-52)24-14-36-56-50/h1-36H. The Balaban J connectivity index is 1.10. The molecule has 0 aliphatic carbocycles. The lowest BCUT2D eigenvalue weighted by atomic mass is 9.96. The third kappa shape index (κ3) is 6.15. The second kappa shape index (κ2) is 14.9. The number of pyridine rings is 2. The maximum atomic E-state index is 5.55. The van der Waals surface area contributed by atoms with E-state index in [4.69, 9.17) is 19.9 Å². The molecule has 0 saturated heterocycles. The molecular formula is C54H36N6. The van der Waals surface area contributed by atoms with Gasteiger partial charge in [-0.05, 0) is 108 Å². The molecule has 6 nitrogen and oxygen atoms in total. The third-order valence-electron chi connectivity index (χ3n) is 11.1. The molecule has 0 bridgehead atoms. The number of benzene rings is 8. The van der Waals surface area contributed by atoms with E-state index < -0.39 is 0 Å². The molecule has 3 aromatic heterocycles. The quantitative estimate of drug-likeness (QED) is 0.113. The van der Waals surface area contributed by atoms with Crippen molar-refractivity contribution in [3.8, 4) is 22.3 Å². The number of anilines is 6. The van der Waals surface area contributed by atoms with Crippen LogP contribution in [0.15, 0.2) is 219 Å². The van der Waals surface area contributed by atoms with E-state index in [9.17, 15) is 0 Å². The molecular weight excluding hydrogens is 733 g/mol. The van der Waals surface area contributed by atoms with Crippen molar-refractivity contribution in [2.24, 2.45) is 0 Å². The van der Waals surface area contributed by atoms with E-state index in [-0.39, 0.29) is 0 Å². The summed E-state index contributed by atoms with van der Waals surface area (Å²) in [6.45, 7) is 0. The molecule has 0 amide bonds. The summed E-state index contributed by atoms with van der Waals surface area (Å²) in [5, 5.41) is 1.85. The molecule has 282 valence electrons. The first-order valence-electron chi connectivity index (χ1n) is 20.1. The van der Waals surface area contributed by atoms with Gasteiger partial charge in [0.25, 0.3) is 0 Å². The van der Waals surface area contributed by atoms with Crippen LogP contribution < -0.4 is 9.80 Å². The first-order valence-corrected chi connectivity index (χ1v) is 20.1. The molecule has 0 spiro atoms. The number of hydrogen-bond donors (Lipinski definition) is 0. The van der Waals surface area contributed by atoms with Crippen LogP contribution in [0.5, 0.6) is 0 Å². The minimum Gasteiger partial charge on any atom is -0.311 e. The molecule has 0 radical (unpaired) electrons. The number of rotatable bonds is 8. The Bertz CT molecular complexity index is 2980. The lowest BCUT2D eigenvalue weighted by Crippen LogP contribution is -2.09. The smallest absolute Gasteiger partial charge is 0.0996 e. The Morgan fingerprint density at radius 2 is 0.567 bits per heavy atom. The fourth-order valence-electron chi connectivity index (χ4n) is 8.33. The van der Waals surface area contributed by atoms with Crippen LogP contribution in [0.1, 0.15) is 0 Å². The highest BCUT2D eigenvalue weighted by atomic mass is 15.1. The Labute approximate surface area is 347 Å². The molecule has 0 aliphatic heterocycles. The lowest BCUT2D eigenvalue weighted by molar-refractivity contribution is 1.28. The van der Waals surface area contributed by atoms with Crippen LogP contribution in [0.3, 0.4) is 0 Å². The Kier molecular flexibility index (Phi) is 8.71. The topological polar surface area (TPSA) is 58.0 Å². The van der Waals surface area contributed by atoms with Crippen molar-refractivity contribution in [3.63, 3.8) is 0 Å². The van der Waals surface area contributed by atoms with Gasteiger partial charge in [0.2, 0.25) is 0 Å². The Hall–Kier alpha value is -8.22. The van der Waals surface area contributed by atoms with E-state index in [0.29, 0.717) is 0 Å². The zero-order chi connectivity index (χ0) is 39.8. The molecule has 6 heteroatoms. The second-order valence-corrected chi connectivity index (χ2v) is 14.7. The van der Waals surface area contributed by atoms with Crippen LogP contribution in [-0.4, -0.2) is 19.9 Å². The highest BCUT2D eigenvalue weighted by molar-refractivity contribution is 6.22. The summed E-state index contributed by atoms with van der Waals surface area (Å²) in [6, 6.07) is 71.8. The van der Waals surface area contributed by atoms with E-state index in [2.05, 4.69) is 180 Å². The van der Waals surface area contributed by atoms with E-state index >= 15 is 0 Å². The van der Waals surface area contributed by atoms with E-state index in [0.717, 1.165) is 100 Å². The number of aromatic nitrogens is 4. The van der Waals surface area contributed by atoms with Gasteiger partial charge in [0, 0.05) is 68.4 Å². The molecule has 0 atom stereocenters. The fourth-order valence-corrected chi connectivity index (χ4v) is 8.33. The van der Waals surface area contributed by atoms with Crippen LogP contribution in [0.2, 0.25) is 0 Å². The van der Waals surface area contributed by atoms with Crippen LogP contribution in [0.4, 0.5) is 34.1 Å². The summed E-state index contributed by atoms with van der Waals surface area (Å²) in [4.78, 5) is 25.2. The summed E-state index contributed by atoms with van der Waals surface area (Å²) < 4.78 is 0. The summed E-state index contributed by atoms with van der Waals surface area (Å²) >= 11 is 0. The van der Waals surface area contributed by atoms with Gasteiger partial charge in [0.15, 0.2) is 0 Å². The van der Waals surface area contributed by atoms with Gasteiger partial charge >= 0.3 is 0 Å². The van der Waals surface area contributed by atoms with E-state index in [1.807, 2.05) is 48.8 Å². The first-order chi connectivity index (χ1) is 29.8. The van der Waals surface area contributed by atoms with Gasteiger partial charge in [-0.1, -0.05) is 109 Å². The predicted octanol–water partition coefficient (Wildman–Crippen LogP) is 14.2. The monoisotopic (exact) mass is 768 g/mol. The normalized spacial score (nSPS) is 11.3. The maximum absolute atomic E-state index is 5.55. The van der Waals surface area contributed by atoms with Crippen LogP contribution in [0, 0.1) is 0 Å². The van der Waals surface area contributed by atoms with Crippen molar-refractivity contribution in [1.82, 2.24) is 19.9 Å². The molecule has 0 N–H and O–H groups in total. The SMILES string of the molecule is c1ccc(N(c2ccccc2)c2ccc(-c3ccc(-c4ccc(N(c5ccccc5)c5ccccc5)cc4)c4nc5c6cccnc6c6ncccc6c5nc34)cc2)cc1. The molecule has 3 heterocycles. The fraction of sp³-hybridized carbons (Fsp3) is 0. The molecule has 11 aromatic rings. The van der Waals surface area contributed by atoms with Crippen molar-refractivity contribution in [1.29, 1.82) is 0 Å². The largest absolute Gasteiger partial charge is 0.311 e. The van der Waals surface area contributed by atoms with Crippen LogP contribution >= 0.6 is 0 Å². The third-order valence-corrected chi connectivity index (χ3v) is 11.1. The Morgan fingerprint density at radius 1 is 0.250 bits per heavy atom. The van der Waals surface area contributed by atoms with Crippen LogP contribution in [0.25, 0.3) is 66.1 Å². The van der Waals surface area contributed by atoms with E-state index in [1.165, 1.54) is 0 Å². The molecule has 0 fully saturated rings. The number of fused-ring (bicyclic) bond motifs is 7. The van der Waals surface area contributed by atoms with Crippen LogP contribution in [-0.2, 0) is 0 Å². The highest BCUT2D eigenvalue weighted by Gasteiger charge is 2.20. The summed E-state index contributed by atoms with van der Waals surface area (Å²) in [7, 11) is 0. The van der Waals surface area contributed by atoms with Crippen molar-refractivity contribution in [2.75, 3.05) is 9.80 Å². The number of para-hydroxylation sites is 4. The zero-order valence-electron chi connectivity index (χ0n) is 32.5. The zero-order valence-corrected chi connectivity index (χ0v) is 32.5. The maximum Gasteiger partial charge on any atom is 0.0996 e. The molecule has 0 aliphatic rings. The molecule has 11 rings (SSSR count). The van der Waals surface area contributed by atoms with Gasteiger partial charge in [-0.25, -0.2) is 9.97 Å². The average Bonchev–Trinajstić information content (AvgIpc) is 3.33. The lowest BCUT2D eigenvalue weighted by Gasteiger charge is -2.25. The van der Waals surface area contributed by atoms with Gasteiger partial charge in [-0.2, -0.15) is 0 Å². The van der Waals surface area contributed by atoms with E-state index in [1.54, 1.807) is 0 Å². The highest BCUT2D eigenvalue weighted by Crippen LogP contribution is 2.41. The van der Waals surface area contributed by atoms with Crippen molar-refractivity contribution >= 4 is 78.0 Å².